The molecule has 0 radical (unpaired) electrons. The van der Waals surface area contributed by atoms with Crippen LogP contribution in [0.15, 0.2) is 0 Å². The predicted octanol–water partition coefficient (Wildman–Crippen LogP) is 1.75. The van der Waals surface area contributed by atoms with Crippen molar-refractivity contribution < 1.29 is 13.2 Å². The molecular weight excluding hydrogens is 205 g/mol. The van der Waals surface area contributed by atoms with Gasteiger partial charge in [-0.15, -0.1) is 0 Å². The molecule has 1 saturated heterocycles. The van der Waals surface area contributed by atoms with Crippen LogP contribution in [0.25, 0.3) is 0 Å². The van der Waals surface area contributed by atoms with Gasteiger partial charge in [0.25, 0.3) is 0 Å². The Hall–Kier alpha value is -0.290. The van der Waals surface area contributed by atoms with Gasteiger partial charge in [0.1, 0.15) is 0 Å². The van der Waals surface area contributed by atoms with E-state index in [0.717, 1.165) is 25.7 Å². The highest BCUT2D eigenvalue weighted by Gasteiger charge is 2.48. The first-order valence-electron chi connectivity index (χ1n) is 5.53. The van der Waals surface area contributed by atoms with Crippen LogP contribution in [0.5, 0.6) is 0 Å². The van der Waals surface area contributed by atoms with Crippen LogP contribution in [0.1, 0.15) is 25.7 Å². The Labute approximate surface area is 87.6 Å². The van der Waals surface area contributed by atoms with E-state index in [-0.39, 0.29) is 19.1 Å². The normalized spacial score (nSPS) is 35.2. The topological polar surface area (TPSA) is 29.3 Å². The van der Waals surface area contributed by atoms with Crippen LogP contribution in [0.2, 0.25) is 0 Å². The zero-order valence-corrected chi connectivity index (χ0v) is 8.63. The van der Waals surface area contributed by atoms with Gasteiger partial charge < -0.3 is 5.73 Å². The van der Waals surface area contributed by atoms with E-state index in [2.05, 4.69) is 0 Å². The highest BCUT2D eigenvalue weighted by atomic mass is 19.4. The van der Waals surface area contributed by atoms with Gasteiger partial charge in [0, 0.05) is 25.2 Å². The minimum Gasteiger partial charge on any atom is -0.328 e. The Balaban J connectivity index is 1.75. The van der Waals surface area contributed by atoms with Crippen LogP contribution in [-0.2, 0) is 0 Å². The second kappa shape index (κ2) is 3.94. The molecule has 1 aliphatic heterocycles. The van der Waals surface area contributed by atoms with E-state index in [1.165, 1.54) is 0 Å². The summed E-state index contributed by atoms with van der Waals surface area (Å²) < 4.78 is 36.8. The predicted molar refractivity (Wildman–Crippen MR) is 51.3 cm³/mol. The first kappa shape index (κ1) is 11.2. The minimum atomic E-state index is -4.00. The molecule has 0 bridgehead atoms. The lowest BCUT2D eigenvalue weighted by molar-refractivity contribution is -0.215. The Kier molecular flexibility index (Phi) is 2.94. The van der Waals surface area contributed by atoms with Gasteiger partial charge in [-0.1, -0.05) is 0 Å². The van der Waals surface area contributed by atoms with Crippen LogP contribution < -0.4 is 5.73 Å². The number of hydrogen-bond donors (Lipinski definition) is 1. The van der Waals surface area contributed by atoms with Crippen LogP contribution >= 0.6 is 0 Å². The van der Waals surface area contributed by atoms with Gasteiger partial charge in [-0.25, -0.2) is 0 Å². The zero-order chi connectivity index (χ0) is 11.1. The van der Waals surface area contributed by atoms with Gasteiger partial charge in [0.15, 0.2) is 0 Å². The summed E-state index contributed by atoms with van der Waals surface area (Å²) in [4.78, 5) is 1.96. The highest BCUT2D eigenvalue weighted by Crippen LogP contribution is 2.36. The maximum Gasteiger partial charge on any atom is 0.394 e. The molecule has 0 aromatic rings. The molecule has 0 amide bonds. The molecule has 5 heteroatoms. The second-order valence-corrected chi connectivity index (χ2v) is 4.76. The average Bonchev–Trinajstić information content (AvgIpc) is 2.03. The van der Waals surface area contributed by atoms with Crippen molar-refractivity contribution in [1.29, 1.82) is 0 Å². The number of rotatable bonds is 1. The Bertz CT molecular complexity index is 215. The van der Waals surface area contributed by atoms with E-state index >= 15 is 0 Å². The van der Waals surface area contributed by atoms with Crippen LogP contribution in [0.4, 0.5) is 13.2 Å². The SMILES string of the molecule is NC1CCC(N2CC(C(F)(F)F)C2)CC1. The maximum absolute atomic E-state index is 12.3. The first-order valence-corrected chi connectivity index (χ1v) is 5.53. The largest absolute Gasteiger partial charge is 0.394 e. The van der Waals surface area contributed by atoms with Crippen molar-refractivity contribution in [2.24, 2.45) is 11.7 Å². The molecule has 0 aromatic heterocycles. The van der Waals surface area contributed by atoms with Gasteiger partial charge in [0.05, 0.1) is 5.92 Å². The van der Waals surface area contributed by atoms with Crippen molar-refractivity contribution in [3.8, 4) is 0 Å². The molecule has 0 unspecified atom stereocenters. The summed E-state index contributed by atoms with van der Waals surface area (Å²) >= 11 is 0. The van der Waals surface area contributed by atoms with Crippen molar-refractivity contribution >= 4 is 0 Å². The van der Waals surface area contributed by atoms with Gasteiger partial charge in [-0.2, -0.15) is 13.2 Å². The van der Waals surface area contributed by atoms with Crippen molar-refractivity contribution in [3.63, 3.8) is 0 Å². The van der Waals surface area contributed by atoms with E-state index in [4.69, 9.17) is 5.73 Å². The van der Waals surface area contributed by atoms with Gasteiger partial charge in [0.2, 0.25) is 0 Å². The fourth-order valence-electron chi connectivity index (χ4n) is 2.48. The summed E-state index contributed by atoms with van der Waals surface area (Å²) in [6, 6.07) is 0.615. The van der Waals surface area contributed by atoms with Crippen molar-refractivity contribution in [3.05, 3.63) is 0 Å². The summed E-state index contributed by atoms with van der Waals surface area (Å²) in [5.41, 5.74) is 5.75. The minimum absolute atomic E-state index is 0.198. The maximum atomic E-state index is 12.3. The third-order valence-electron chi connectivity index (χ3n) is 3.63. The number of nitrogens with two attached hydrogens (primary N) is 1. The molecule has 2 fully saturated rings. The molecular formula is C10H17F3N2. The quantitative estimate of drug-likeness (QED) is 0.732. The molecule has 2 rings (SSSR count). The zero-order valence-electron chi connectivity index (χ0n) is 8.63. The summed E-state index contributed by atoms with van der Waals surface area (Å²) in [6.45, 7) is 0.396. The third-order valence-corrected chi connectivity index (χ3v) is 3.63. The van der Waals surface area contributed by atoms with Crippen molar-refractivity contribution in [2.75, 3.05) is 13.1 Å². The molecule has 88 valence electrons. The Morgan fingerprint density at radius 2 is 1.53 bits per heavy atom. The fraction of sp³-hybridized carbons (Fsp3) is 1.00. The van der Waals surface area contributed by atoms with Crippen LogP contribution in [0, 0.1) is 5.92 Å². The lowest BCUT2D eigenvalue weighted by Gasteiger charge is -2.46. The molecule has 0 atom stereocenters. The number of halogens is 3. The lowest BCUT2D eigenvalue weighted by atomic mass is 9.87. The van der Waals surface area contributed by atoms with E-state index < -0.39 is 12.1 Å². The molecule has 2 N–H and O–H groups in total. The summed E-state index contributed by atoms with van der Waals surface area (Å²) in [5.74, 6) is -1.09. The summed E-state index contributed by atoms with van der Waals surface area (Å²) in [6.07, 6.45) is -0.158. The summed E-state index contributed by atoms with van der Waals surface area (Å²) in [5, 5.41) is 0. The fourth-order valence-corrected chi connectivity index (χ4v) is 2.48. The standard InChI is InChI=1S/C10H17F3N2/c11-10(12,13)7-5-15(6-7)9-3-1-8(14)2-4-9/h7-9H,1-6,14H2. The number of nitrogens with zero attached hydrogens (tertiary/aromatic N) is 1. The van der Waals surface area contributed by atoms with E-state index in [9.17, 15) is 13.2 Å². The second-order valence-electron chi connectivity index (χ2n) is 4.76. The van der Waals surface area contributed by atoms with Gasteiger partial charge in [-0.05, 0) is 25.7 Å². The van der Waals surface area contributed by atoms with E-state index in [0.29, 0.717) is 6.04 Å². The Morgan fingerprint density at radius 3 is 2.00 bits per heavy atom. The number of hydrogen-bond acceptors (Lipinski definition) is 2. The molecule has 15 heavy (non-hydrogen) atoms. The van der Waals surface area contributed by atoms with Crippen LogP contribution in [0.3, 0.4) is 0 Å². The molecule has 2 aliphatic rings. The third kappa shape index (κ3) is 2.45. The van der Waals surface area contributed by atoms with Crippen LogP contribution in [-0.4, -0.2) is 36.2 Å². The van der Waals surface area contributed by atoms with Crippen molar-refractivity contribution in [1.82, 2.24) is 4.90 Å². The van der Waals surface area contributed by atoms with E-state index in [1.54, 1.807) is 0 Å². The van der Waals surface area contributed by atoms with Gasteiger partial charge in [-0.3, -0.25) is 4.90 Å². The Morgan fingerprint density at radius 1 is 1.00 bits per heavy atom. The molecule has 0 spiro atoms. The highest BCUT2D eigenvalue weighted by molar-refractivity contribution is 4.91. The summed E-state index contributed by atoms with van der Waals surface area (Å²) in [7, 11) is 0. The number of alkyl halides is 3. The van der Waals surface area contributed by atoms with E-state index in [1.807, 2.05) is 4.90 Å². The average molecular weight is 222 g/mol. The smallest absolute Gasteiger partial charge is 0.328 e. The lowest BCUT2D eigenvalue weighted by Crippen LogP contribution is -2.58. The first-order chi connectivity index (χ1) is 6.97. The van der Waals surface area contributed by atoms with Gasteiger partial charge >= 0.3 is 6.18 Å². The molecule has 1 aliphatic carbocycles. The number of likely N-dealkylation sites (tertiary alicyclic amines) is 1. The monoisotopic (exact) mass is 222 g/mol. The molecule has 1 saturated carbocycles. The van der Waals surface area contributed by atoms with Crippen molar-refractivity contribution in [2.45, 2.75) is 43.9 Å². The molecule has 0 aromatic carbocycles. The molecule has 2 nitrogen and oxygen atoms in total. The molecule has 1 heterocycles.